The quantitative estimate of drug-likeness (QED) is 0.327. The standard InChI is InChI=1S/C27H36N8O5S2/c1-8-34(9-2)21-11-12-23(22(16-21)17(4)5)28-24-26-29-25(30-35(26)31-27(24)40-10-3)18-13-19(32-41(6,36)37)15-20(14-18)33-42(7,38)39/h11-17,32-33H,8-10H2,1-7H3/b28-24+. The lowest BCUT2D eigenvalue weighted by atomic mass is 10.00. The minimum atomic E-state index is -3.65. The molecule has 0 radical (unpaired) electrons. The number of rotatable bonds is 11. The lowest BCUT2D eigenvalue weighted by molar-refractivity contribution is 0.332. The van der Waals surface area contributed by atoms with E-state index in [-0.39, 0.29) is 29.0 Å². The van der Waals surface area contributed by atoms with Gasteiger partial charge in [0.1, 0.15) is 0 Å². The Kier molecular flexibility index (Phi) is 8.92. The highest BCUT2D eigenvalue weighted by molar-refractivity contribution is 7.92. The maximum absolute atomic E-state index is 11.9. The first-order valence-electron chi connectivity index (χ1n) is 13.5. The van der Waals surface area contributed by atoms with Crippen molar-refractivity contribution in [2.75, 3.05) is 46.6 Å². The summed E-state index contributed by atoms with van der Waals surface area (Å²) in [5.41, 5.74) is 3.95. The molecule has 0 aliphatic carbocycles. The third-order valence-electron chi connectivity index (χ3n) is 6.26. The molecule has 2 N–H and O–H groups in total. The predicted molar refractivity (Wildman–Crippen MR) is 167 cm³/mol. The molecule has 15 heteroatoms. The van der Waals surface area contributed by atoms with E-state index in [1.807, 2.05) is 19.1 Å². The topological polar surface area (TPSA) is 160 Å². The summed E-state index contributed by atoms with van der Waals surface area (Å²) >= 11 is 0. The van der Waals surface area contributed by atoms with Gasteiger partial charge >= 0.3 is 0 Å². The van der Waals surface area contributed by atoms with Gasteiger partial charge in [-0.1, -0.05) is 13.8 Å². The summed E-state index contributed by atoms with van der Waals surface area (Å²) in [6.45, 7) is 12.4. The van der Waals surface area contributed by atoms with E-state index in [9.17, 15) is 16.8 Å². The van der Waals surface area contributed by atoms with Crippen LogP contribution < -0.4 is 14.3 Å². The summed E-state index contributed by atoms with van der Waals surface area (Å²) in [6.07, 6.45) is 2.00. The molecule has 0 saturated carbocycles. The summed E-state index contributed by atoms with van der Waals surface area (Å²) in [5, 5.41) is 8.92. The molecule has 42 heavy (non-hydrogen) atoms. The zero-order chi connectivity index (χ0) is 30.8. The van der Waals surface area contributed by atoms with Gasteiger partial charge in [0.05, 0.1) is 36.2 Å². The second-order valence-corrected chi connectivity index (χ2v) is 13.6. The van der Waals surface area contributed by atoms with Gasteiger partial charge in [0.25, 0.3) is 5.90 Å². The van der Waals surface area contributed by atoms with E-state index in [4.69, 9.17) is 9.73 Å². The molecule has 0 saturated heterocycles. The number of aliphatic imine (C=N–C) groups is 1. The summed E-state index contributed by atoms with van der Waals surface area (Å²) in [6, 6.07) is 10.5. The van der Waals surface area contributed by atoms with Crippen molar-refractivity contribution in [3.8, 4) is 11.4 Å². The summed E-state index contributed by atoms with van der Waals surface area (Å²) in [5.74, 6) is 0.975. The first-order chi connectivity index (χ1) is 19.7. The molecule has 0 bridgehead atoms. The first kappa shape index (κ1) is 31.0. The van der Waals surface area contributed by atoms with E-state index in [2.05, 4.69) is 63.3 Å². The molecule has 2 heterocycles. The zero-order valence-corrected chi connectivity index (χ0v) is 26.3. The second kappa shape index (κ2) is 12.1. The molecular formula is C27H36N8O5S2. The highest BCUT2D eigenvalue weighted by Crippen LogP contribution is 2.33. The third kappa shape index (κ3) is 7.26. The van der Waals surface area contributed by atoms with Crippen LogP contribution in [0.3, 0.4) is 0 Å². The Hall–Kier alpha value is -3.98. The molecule has 0 unspecified atom stereocenters. The third-order valence-corrected chi connectivity index (χ3v) is 7.48. The Morgan fingerprint density at radius 1 is 0.952 bits per heavy atom. The van der Waals surface area contributed by atoms with Crippen molar-refractivity contribution in [1.29, 1.82) is 0 Å². The maximum Gasteiger partial charge on any atom is 0.263 e. The molecule has 0 fully saturated rings. The SMILES string of the molecule is CCOC1=Nn2nc(-c3cc(NS(C)(=O)=O)cc(NS(C)(=O)=O)c3)nc2/C1=N\c1ccc(N(CC)CC)cc1C(C)C. The largest absolute Gasteiger partial charge is 0.475 e. The fourth-order valence-corrected chi connectivity index (χ4v) is 5.61. The fraction of sp³-hybridized carbons (Fsp3) is 0.407. The average molecular weight is 617 g/mol. The van der Waals surface area contributed by atoms with Crippen LogP contribution in [0.1, 0.15) is 51.9 Å². The van der Waals surface area contributed by atoms with Crippen LogP contribution in [0.15, 0.2) is 46.5 Å². The molecule has 2 aromatic carbocycles. The van der Waals surface area contributed by atoms with Crippen LogP contribution in [0.4, 0.5) is 22.7 Å². The van der Waals surface area contributed by atoms with E-state index >= 15 is 0 Å². The van der Waals surface area contributed by atoms with Crippen molar-refractivity contribution in [2.45, 2.75) is 40.5 Å². The Morgan fingerprint density at radius 3 is 2.10 bits per heavy atom. The molecule has 3 aromatic rings. The maximum atomic E-state index is 11.9. The molecule has 0 atom stereocenters. The second-order valence-electron chi connectivity index (χ2n) is 10.1. The number of hydrogen-bond acceptors (Lipinski definition) is 10. The number of nitrogens with zero attached hydrogens (tertiary/aromatic N) is 6. The number of hydrogen-bond donors (Lipinski definition) is 2. The van der Waals surface area contributed by atoms with Gasteiger partial charge in [0.15, 0.2) is 11.5 Å². The van der Waals surface area contributed by atoms with Gasteiger partial charge in [0, 0.05) is 24.3 Å². The van der Waals surface area contributed by atoms with Crippen molar-refractivity contribution in [2.24, 2.45) is 10.1 Å². The van der Waals surface area contributed by atoms with Crippen LogP contribution in [0.2, 0.25) is 0 Å². The lowest BCUT2D eigenvalue weighted by Gasteiger charge is -2.23. The van der Waals surface area contributed by atoms with Gasteiger partial charge in [-0.3, -0.25) is 9.44 Å². The van der Waals surface area contributed by atoms with E-state index in [1.54, 1.807) is 0 Å². The highest BCUT2D eigenvalue weighted by atomic mass is 32.2. The van der Waals surface area contributed by atoms with Crippen molar-refractivity contribution >= 4 is 54.4 Å². The van der Waals surface area contributed by atoms with Gasteiger partial charge in [0.2, 0.25) is 25.9 Å². The van der Waals surface area contributed by atoms with E-state index in [1.165, 1.54) is 23.0 Å². The number of benzene rings is 2. The molecule has 13 nitrogen and oxygen atoms in total. The minimum absolute atomic E-state index is 0.137. The lowest BCUT2D eigenvalue weighted by Crippen LogP contribution is -2.21. The van der Waals surface area contributed by atoms with Gasteiger partial charge in [-0.05, 0) is 68.7 Å². The number of aromatic nitrogens is 3. The van der Waals surface area contributed by atoms with Crippen LogP contribution in [0, 0.1) is 0 Å². The predicted octanol–water partition coefficient (Wildman–Crippen LogP) is 3.99. The number of nitrogens with one attached hydrogen (secondary N) is 2. The molecular weight excluding hydrogens is 580 g/mol. The van der Waals surface area contributed by atoms with Crippen molar-refractivity contribution in [3.63, 3.8) is 0 Å². The summed E-state index contributed by atoms with van der Waals surface area (Å²) in [7, 11) is -7.29. The number of fused-ring (bicyclic) bond motifs is 1. The first-order valence-corrected chi connectivity index (χ1v) is 17.3. The molecule has 1 aromatic heterocycles. The number of ether oxygens (including phenoxy) is 1. The van der Waals surface area contributed by atoms with Crippen molar-refractivity contribution < 1.29 is 21.6 Å². The fourth-order valence-electron chi connectivity index (χ4n) is 4.52. The Bertz CT molecular complexity index is 1710. The smallest absolute Gasteiger partial charge is 0.263 e. The van der Waals surface area contributed by atoms with E-state index < -0.39 is 20.0 Å². The van der Waals surface area contributed by atoms with Crippen LogP contribution >= 0.6 is 0 Å². The Morgan fingerprint density at radius 2 is 1.57 bits per heavy atom. The summed E-state index contributed by atoms with van der Waals surface area (Å²) in [4.78, 5) is 13.2. The Labute approximate surface area is 246 Å². The number of anilines is 3. The van der Waals surface area contributed by atoms with Crippen LogP contribution in [0.25, 0.3) is 11.4 Å². The normalized spacial score (nSPS) is 14.2. The summed E-state index contributed by atoms with van der Waals surface area (Å²) < 4.78 is 58.1. The van der Waals surface area contributed by atoms with Gasteiger partial charge in [-0.25, -0.2) is 26.8 Å². The van der Waals surface area contributed by atoms with Gasteiger partial charge in [-0.2, -0.15) is 0 Å². The molecule has 226 valence electrons. The van der Waals surface area contributed by atoms with Gasteiger partial charge in [-0.15, -0.1) is 15.0 Å². The molecule has 0 amide bonds. The van der Waals surface area contributed by atoms with E-state index in [0.717, 1.165) is 42.5 Å². The molecule has 1 aliphatic rings. The average Bonchev–Trinajstić information content (AvgIpc) is 3.42. The molecule has 1 aliphatic heterocycles. The van der Waals surface area contributed by atoms with Crippen LogP contribution in [-0.2, 0) is 24.8 Å². The molecule has 0 spiro atoms. The molecule has 4 rings (SSSR count). The van der Waals surface area contributed by atoms with Crippen molar-refractivity contribution in [1.82, 2.24) is 14.9 Å². The van der Waals surface area contributed by atoms with E-state index in [0.29, 0.717) is 23.7 Å². The van der Waals surface area contributed by atoms with Crippen LogP contribution in [0.5, 0.6) is 0 Å². The zero-order valence-electron chi connectivity index (χ0n) is 24.7. The monoisotopic (exact) mass is 616 g/mol. The number of sulfonamides is 2. The van der Waals surface area contributed by atoms with Crippen LogP contribution in [-0.4, -0.2) is 75.5 Å². The Balaban J connectivity index is 1.83. The van der Waals surface area contributed by atoms with Gasteiger partial charge < -0.3 is 9.64 Å². The van der Waals surface area contributed by atoms with Crippen molar-refractivity contribution in [3.05, 3.63) is 47.8 Å². The minimum Gasteiger partial charge on any atom is -0.475 e. The highest BCUT2D eigenvalue weighted by Gasteiger charge is 2.30.